The molecular weight excluding hydrogens is 708 g/mol. The third-order valence-electron chi connectivity index (χ3n) is 7.73. The van der Waals surface area contributed by atoms with Gasteiger partial charge in [-0.05, 0) is 65.7 Å². The number of fused-ring (bicyclic) bond motifs is 1. The second-order valence-electron chi connectivity index (χ2n) is 11.6. The SMILES string of the molecule is COc1ccc2c(c1)sc(/N=N/c1ccc(N(CCOCCCOCCOCCOCCO)CCOCCOCCOCCOCCO)cc1C)[n+]2C. The van der Waals surface area contributed by atoms with E-state index < -0.39 is 0 Å². The third-order valence-corrected chi connectivity index (χ3v) is 8.81. The summed E-state index contributed by atoms with van der Waals surface area (Å²) >= 11 is 1.57. The van der Waals surface area contributed by atoms with Crippen molar-refractivity contribution in [3.8, 4) is 5.75 Å². The molecule has 0 radical (unpaired) electrons. The minimum absolute atomic E-state index is 0.0112. The average molecular weight is 768 g/mol. The van der Waals surface area contributed by atoms with Crippen LogP contribution in [0.3, 0.4) is 0 Å². The number of thiazole rings is 1. The lowest BCUT2D eigenvalue weighted by Crippen LogP contribution is -2.31. The number of rotatable bonds is 33. The van der Waals surface area contributed by atoms with Gasteiger partial charge in [0.1, 0.15) is 17.0 Å². The van der Waals surface area contributed by atoms with E-state index in [0.717, 1.165) is 44.5 Å². The Hall–Kier alpha value is -2.87. The molecule has 3 rings (SSSR count). The van der Waals surface area contributed by atoms with Gasteiger partial charge in [-0.15, -0.1) is 0 Å². The topological polar surface area (TPSA) is 155 Å². The molecule has 0 spiro atoms. The van der Waals surface area contributed by atoms with Crippen molar-refractivity contribution in [2.24, 2.45) is 17.3 Å². The first kappa shape index (κ1) is 44.5. The molecular formula is C37H59N4O11S+. The molecule has 298 valence electrons. The molecule has 1 aromatic heterocycles. The van der Waals surface area contributed by atoms with E-state index in [4.69, 9.17) is 52.8 Å². The molecule has 1 heterocycles. The molecule has 2 aromatic carbocycles. The van der Waals surface area contributed by atoms with Crippen LogP contribution in [-0.4, -0.2) is 149 Å². The minimum Gasteiger partial charge on any atom is -0.497 e. The van der Waals surface area contributed by atoms with Crippen LogP contribution in [-0.2, 0) is 44.9 Å². The van der Waals surface area contributed by atoms with Crippen molar-refractivity contribution < 1.29 is 57.4 Å². The summed E-state index contributed by atoms with van der Waals surface area (Å²) < 4.78 is 52.8. The smallest absolute Gasteiger partial charge is 0.409 e. The lowest BCUT2D eigenvalue weighted by atomic mass is 10.1. The van der Waals surface area contributed by atoms with Crippen molar-refractivity contribution >= 4 is 38.1 Å². The number of hydrogen-bond donors (Lipinski definition) is 2. The standard InChI is InChI=1S/C37H59N4O11S/c1-31-29-32(5-7-34(31)38-39-37-40(2)35-8-6-33(44-3)30-36(35)53-37)41(10-16-47-20-24-51-27-28-52-26-22-49-18-12-43)9-15-45-13-4-14-46-19-23-50-25-21-48-17-11-42/h5-8,29-30,42-43H,4,9-28H2,1-3H3/q+1. The number of aromatic nitrogens is 1. The number of azo groups is 1. The zero-order valence-corrected chi connectivity index (χ0v) is 32.4. The number of ether oxygens (including phenoxy) is 9. The zero-order chi connectivity index (χ0) is 37.8. The highest BCUT2D eigenvalue weighted by Gasteiger charge is 2.17. The number of hydrogen-bond acceptors (Lipinski definition) is 15. The van der Waals surface area contributed by atoms with Gasteiger partial charge >= 0.3 is 5.13 Å². The number of aliphatic hydroxyl groups is 2. The molecule has 0 saturated carbocycles. The fraction of sp³-hybridized carbons (Fsp3) is 0.649. The molecule has 0 fully saturated rings. The molecule has 16 heteroatoms. The van der Waals surface area contributed by atoms with E-state index in [9.17, 15) is 0 Å². The van der Waals surface area contributed by atoms with Crippen molar-refractivity contribution in [2.75, 3.05) is 144 Å². The molecule has 0 unspecified atom stereocenters. The number of benzene rings is 2. The van der Waals surface area contributed by atoms with Crippen molar-refractivity contribution in [1.82, 2.24) is 0 Å². The molecule has 53 heavy (non-hydrogen) atoms. The Kier molecular flexibility index (Phi) is 24.0. The Bertz CT molecular complexity index is 1410. The largest absolute Gasteiger partial charge is 0.497 e. The van der Waals surface area contributed by atoms with Crippen molar-refractivity contribution in [3.05, 3.63) is 42.0 Å². The molecule has 0 aliphatic carbocycles. The number of methoxy groups -OCH3 is 1. The normalized spacial score (nSPS) is 11.7. The van der Waals surface area contributed by atoms with Gasteiger partial charge in [-0.25, -0.2) is 4.57 Å². The number of aryl methyl sites for hydroxylation is 2. The lowest BCUT2D eigenvalue weighted by Gasteiger charge is -2.25. The first-order valence-corrected chi connectivity index (χ1v) is 19.0. The van der Waals surface area contributed by atoms with Crippen LogP contribution in [0.5, 0.6) is 5.75 Å². The Labute approximate surface area is 317 Å². The maximum absolute atomic E-state index is 8.72. The monoisotopic (exact) mass is 767 g/mol. The van der Waals surface area contributed by atoms with E-state index in [1.807, 2.05) is 42.8 Å². The van der Waals surface area contributed by atoms with Crippen LogP contribution in [0.1, 0.15) is 12.0 Å². The molecule has 2 N–H and O–H groups in total. The van der Waals surface area contributed by atoms with Gasteiger partial charge in [-0.3, -0.25) is 0 Å². The first-order valence-electron chi connectivity index (χ1n) is 18.1. The summed E-state index contributed by atoms with van der Waals surface area (Å²) in [6.07, 6.45) is 0.787. The second-order valence-corrected chi connectivity index (χ2v) is 12.6. The number of nitrogens with zero attached hydrogens (tertiary/aromatic N) is 4. The van der Waals surface area contributed by atoms with E-state index in [0.29, 0.717) is 119 Å². The predicted molar refractivity (Wildman–Crippen MR) is 202 cm³/mol. The Balaban J connectivity index is 1.44. The molecule has 0 bridgehead atoms. The van der Waals surface area contributed by atoms with Crippen LogP contribution >= 0.6 is 11.3 Å². The number of anilines is 1. The molecule has 0 aliphatic heterocycles. The fourth-order valence-electron chi connectivity index (χ4n) is 4.90. The van der Waals surface area contributed by atoms with E-state index in [1.54, 1.807) is 18.4 Å². The van der Waals surface area contributed by atoms with E-state index in [2.05, 4.69) is 27.3 Å². The summed E-state index contributed by atoms with van der Waals surface area (Å²) in [7, 11) is 3.65. The highest BCUT2D eigenvalue weighted by molar-refractivity contribution is 7.21. The highest BCUT2D eigenvalue weighted by Crippen LogP contribution is 2.31. The van der Waals surface area contributed by atoms with Crippen LogP contribution in [0.4, 0.5) is 16.5 Å². The fourth-order valence-corrected chi connectivity index (χ4v) is 5.90. The molecule has 3 aromatic rings. The maximum atomic E-state index is 8.72. The number of aliphatic hydroxyl groups excluding tert-OH is 2. The molecule has 0 atom stereocenters. The predicted octanol–water partition coefficient (Wildman–Crippen LogP) is 3.77. The summed E-state index contributed by atoms with van der Waals surface area (Å²) in [6.45, 7) is 11.1. The zero-order valence-electron chi connectivity index (χ0n) is 31.6. The van der Waals surface area contributed by atoms with Gasteiger partial charge in [0.2, 0.25) is 0 Å². The summed E-state index contributed by atoms with van der Waals surface area (Å²) in [5.74, 6) is 0.812. The summed E-state index contributed by atoms with van der Waals surface area (Å²) in [5.41, 5.74) is 3.94. The quantitative estimate of drug-likeness (QED) is 0.0527. The first-order chi connectivity index (χ1) is 26.1. The van der Waals surface area contributed by atoms with Crippen LogP contribution in [0, 0.1) is 6.92 Å². The van der Waals surface area contributed by atoms with Gasteiger partial charge in [-0.2, -0.15) is 0 Å². The lowest BCUT2D eigenvalue weighted by molar-refractivity contribution is -0.627. The van der Waals surface area contributed by atoms with Crippen LogP contribution in [0.2, 0.25) is 0 Å². The Morgan fingerprint density at radius 3 is 1.66 bits per heavy atom. The van der Waals surface area contributed by atoms with E-state index in [-0.39, 0.29) is 13.2 Å². The summed E-state index contributed by atoms with van der Waals surface area (Å²) in [4.78, 5) is 2.25. The second kappa shape index (κ2) is 28.6. The van der Waals surface area contributed by atoms with E-state index in [1.165, 1.54) is 0 Å². The third kappa shape index (κ3) is 18.3. The highest BCUT2D eigenvalue weighted by atomic mass is 32.1. The van der Waals surface area contributed by atoms with Crippen LogP contribution in [0.15, 0.2) is 46.6 Å². The summed E-state index contributed by atoms with van der Waals surface area (Å²) in [5, 5.41) is 27.4. The van der Waals surface area contributed by atoms with Gasteiger partial charge < -0.3 is 57.7 Å². The molecule has 15 nitrogen and oxygen atoms in total. The van der Waals surface area contributed by atoms with Gasteiger partial charge in [0.25, 0.3) is 0 Å². The molecule has 0 aliphatic rings. The maximum Gasteiger partial charge on any atom is 0.409 e. The van der Waals surface area contributed by atoms with Crippen molar-refractivity contribution in [2.45, 2.75) is 13.3 Å². The van der Waals surface area contributed by atoms with Crippen LogP contribution in [0.25, 0.3) is 10.2 Å². The molecule has 0 amide bonds. The Morgan fingerprint density at radius 2 is 1.13 bits per heavy atom. The van der Waals surface area contributed by atoms with Gasteiger partial charge in [-0.1, -0.05) is 0 Å². The average Bonchev–Trinajstić information content (AvgIpc) is 3.49. The van der Waals surface area contributed by atoms with Gasteiger partial charge in [0.05, 0.1) is 130 Å². The van der Waals surface area contributed by atoms with E-state index >= 15 is 0 Å². The Morgan fingerprint density at radius 1 is 0.623 bits per heavy atom. The minimum atomic E-state index is 0.0112. The van der Waals surface area contributed by atoms with Gasteiger partial charge in [0, 0.05) is 38.1 Å². The van der Waals surface area contributed by atoms with Gasteiger partial charge in [0.15, 0.2) is 0 Å². The van der Waals surface area contributed by atoms with Crippen molar-refractivity contribution in [3.63, 3.8) is 0 Å². The summed E-state index contributed by atoms with van der Waals surface area (Å²) in [6, 6.07) is 12.2. The van der Waals surface area contributed by atoms with Crippen LogP contribution < -0.4 is 14.2 Å². The molecule has 0 saturated heterocycles. The van der Waals surface area contributed by atoms with Crippen molar-refractivity contribution in [1.29, 1.82) is 0 Å².